The maximum atomic E-state index is 8.97. The maximum absolute atomic E-state index is 8.97. The Morgan fingerprint density at radius 2 is 2.32 bits per heavy atom. The molecule has 0 aromatic heterocycles. The molecule has 3 saturated heterocycles. The summed E-state index contributed by atoms with van der Waals surface area (Å²) in [6.07, 6.45) is 1.09. The second kappa shape index (κ2) is 5.66. The Balaban J connectivity index is 1.50. The molecule has 0 radical (unpaired) electrons. The first-order chi connectivity index (χ1) is 9.17. The van der Waals surface area contributed by atoms with Crippen molar-refractivity contribution in [2.24, 2.45) is 11.8 Å². The number of nitrogens with zero attached hydrogens (tertiary/aromatic N) is 2. The number of hydrogen-bond acceptors (Lipinski definition) is 5. The number of nitriles is 1. The molecule has 19 heavy (non-hydrogen) atoms. The number of likely N-dealkylation sites (tertiary alicyclic amines) is 1. The molecule has 5 unspecified atom stereocenters. The van der Waals surface area contributed by atoms with E-state index >= 15 is 0 Å². The van der Waals surface area contributed by atoms with Crippen LogP contribution in [0.1, 0.15) is 6.42 Å². The quantitative estimate of drug-likeness (QED) is 0.721. The highest BCUT2D eigenvalue weighted by molar-refractivity contribution is 9.09. The SMILES string of the molecule is CN1CC(CNC2NCC3OC(C#N)CC3C2Br)C1. The fourth-order valence-corrected chi connectivity index (χ4v) is 4.35. The van der Waals surface area contributed by atoms with Gasteiger partial charge in [0.05, 0.1) is 18.3 Å². The summed E-state index contributed by atoms with van der Waals surface area (Å²) in [5, 5.41) is 16.1. The lowest BCUT2D eigenvalue weighted by Gasteiger charge is -2.41. The summed E-state index contributed by atoms with van der Waals surface area (Å²) >= 11 is 3.80. The van der Waals surface area contributed by atoms with E-state index in [0.717, 1.165) is 25.4 Å². The van der Waals surface area contributed by atoms with Crippen molar-refractivity contribution in [3.05, 3.63) is 0 Å². The van der Waals surface area contributed by atoms with E-state index in [4.69, 9.17) is 10.00 Å². The van der Waals surface area contributed by atoms with Crippen molar-refractivity contribution in [2.45, 2.75) is 29.6 Å². The van der Waals surface area contributed by atoms with Gasteiger partial charge in [0.25, 0.3) is 0 Å². The minimum Gasteiger partial charge on any atom is -0.358 e. The van der Waals surface area contributed by atoms with E-state index in [1.54, 1.807) is 0 Å². The first kappa shape index (κ1) is 13.8. The van der Waals surface area contributed by atoms with Crippen LogP contribution in [0.25, 0.3) is 0 Å². The first-order valence-electron chi connectivity index (χ1n) is 7.02. The molecule has 3 aliphatic heterocycles. The Morgan fingerprint density at radius 3 is 3.00 bits per heavy atom. The lowest BCUT2D eigenvalue weighted by atomic mass is 9.90. The van der Waals surface area contributed by atoms with Crippen LogP contribution in [0, 0.1) is 23.2 Å². The van der Waals surface area contributed by atoms with E-state index in [0.29, 0.717) is 10.7 Å². The molecule has 5 atom stereocenters. The average molecular weight is 329 g/mol. The Labute approximate surface area is 122 Å². The summed E-state index contributed by atoms with van der Waals surface area (Å²) in [5.41, 5.74) is 0. The zero-order valence-electron chi connectivity index (χ0n) is 11.2. The van der Waals surface area contributed by atoms with E-state index in [-0.39, 0.29) is 18.4 Å². The van der Waals surface area contributed by atoms with Crippen molar-refractivity contribution in [3.8, 4) is 6.07 Å². The highest BCUT2D eigenvalue weighted by Crippen LogP contribution is 2.35. The summed E-state index contributed by atoms with van der Waals surface area (Å²) in [7, 11) is 2.16. The van der Waals surface area contributed by atoms with Gasteiger partial charge < -0.3 is 15.0 Å². The normalized spacial score (nSPS) is 43.5. The monoisotopic (exact) mass is 328 g/mol. The van der Waals surface area contributed by atoms with Gasteiger partial charge in [0.15, 0.2) is 0 Å². The van der Waals surface area contributed by atoms with Gasteiger partial charge in [0, 0.05) is 36.9 Å². The molecule has 3 heterocycles. The Hall–Kier alpha value is -0.190. The minimum absolute atomic E-state index is 0.182. The minimum atomic E-state index is -0.226. The van der Waals surface area contributed by atoms with Gasteiger partial charge in [-0.3, -0.25) is 5.32 Å². The van der Waals surface area contributed by atoms with Crippen molar-refractivity contribution < 1.29 is 4.74 Å². The van der Waals surface area contributed by atoms with Crippen LogP contribution in [-0.4, -0.2) is 61.3 Å². The molecular weight excluding hydrogens is 308 g/mol. The maximum Gasteiger partial charge on any atom is 0.144 e. The van der Waals surface area contributed by atoms with E-state index in [1.165, 1.54) is 13.1 Å². The number of hydrogen-bond donors (Lipinski definition) is 2. The van der Waals surface area contributed by atoms with Crippen LogP contribution in [0.15, 0.2) is 0 Å². The molecule has 0 aromatic rings. The Kier molecular flexibility index (Phi) is 4.11. The van der Waals surface area contributed by atoms with Gasteiger partial charge in [-0.2, -0.15) is 5.26 Å². The van der Waals surface area contributed by atoms with Gasteiger partial charge in [0.1, 0.15) is 6.10 Å². The van der Waals surface area contributed by atoms with E-state index in [9.17, 15) is 0 Å². The third kappa shape index (κ3) is 2.81. The first-order valence-corrected chi connectivity index (χ1v) is 7.93. The number of alkyl halides is 1. The molecule has 3 aliphatic rings. The van der Waals surface area contributed by atoms with Crippen molar-refractivity contribution in [1.29, 1.82) is 5.26 Å². The smallest absolute Gasteiger partial charge is 0.144 e. The van der Waals surface area contributed by atoms with Gasteiger partial charge in [-0.25, -0.2) is 0 Å². The molecule has 2 N–H and O–H groups in total. The van der Waals surface area contributed by atoms with Gasteiger partial charge >= 0.3 is 0 Å². The molecule has 0 bridgehead atoms. The average Bonchev–Trinajstić information content (AvgIpc) is 2.79. The number of nitrogens with one attached hydrogen (secondary N) is 2. The zero-order chi connectivity index (χ0) is 13.4. The molecule has 0 spiro atoms. The molecular formula is C13H21BrN4O. The van der Waals surface area contributed by atoms with Gasteiger partial charge in [-0.05, 0) is 19.4 Å². The molecule has 0 amide bonds. The predicted octanol–water partition coefficient (Wildman–Crippen LogP) is 0.128. The molecule has 3 rings (SSSR count). The number of rotatable bonds is 3. The van der Waals surface area contributed by atoms with Crippen molar-refractivity contribution in [2.75, 3.05) is 33.2 Å². The predicted molar refractivity (Wildman–Crippen MR) is 75.9 cm³/mol. The fourth-order valence-electron chi connectivity index (χ4n) is 3.42. The standard InChI is InChI=1S/C13H21BrN4O/c1-18-6-8(7-18)4-16-13-12(14)10-2-9(3-15)19-11(10)5-17-13/h8-13,16-17H,2,4-7H2,1H3. The summed E-state index contributed by atoms with van der Waals surface area (Å²) < 4.78 is 5.72. The molecule has 0 saturated carbocycles. The van der Waals surface area contributed by atoms with Crippen LogP contribution in [-0.2, 0) is 4.74 Å². The van der Waals surface area contributed by atoms with Crippen molar-refractivity contribution in [1.82, 2.24) is 15.5 Å². The van der Waals surface area contributed by atoms with Crippen LogP contribution in [0.3, 0.4) is 0 Å². The largest absolute Gasteiger partial charge is 0.358 e. The van der Waals surface area contributed by atoms with Gasteiger partial charge in [0.2, 0.25) is 0 Å². The fraction of sp³-hybridized carbons (Fsp3) is 0.923. The number of ether oxygens (including phenoxy) is 1. The van der Waals surface area contributed by atoms with Crippen LogP contribution in [0.2, 0.25) is 0 Å². The summed E-state index contributed by atoms with van der Waals surface area (Å²) in [6, 6.07) is 2.23. The van der Waals surface area contributed by atoms with Crippen LogP contribution >= 0.6 is 15.9 Å². The highest BCUT2D eigenvalue weighted by Gasteiger charge is 2.45. The number of halogens is 1. The highest BCUT2D eigenvalue weighted by atomic mass is 79.9. The second-order valence-corrected chi connectivity index (χ2v) is 7.07. The molecule has 5 nitrogen and oxygen atoms in total. The van der Waals surface area contributed by atoms with E-state index in [1.807, 2.05) is 0 Å². The molecule has 3 fully saturated rings. The van der Waals surface area contributed by atoms with Crippen LogP contribution < -0.4 is 10.6 Å². The molecule has 6 heteroatoms. The topological polar surface area (TPSA) is 60.3 Å². The molecule has 0 aromatic carbocycles. The van der Waals surface area contributed by atoms with Crippen molar-refractivity contribution >= 4 is 15.9 Å². The van der Waals surface area contributed by atoms with Gasteiger partial charge in [-0.1, -0.05) is 15.9 Å². The third-order valence-corrected chi connectivity index (χ3v) is 5.69. The lowest BCUT2D eigenvalue weighted by Crippen LogP contribution is -2.61. The summed E-state index contributed by atoms with van der Waals surface area (Å²) in [5.74, 6) is 1.21. The lowest BCUT2D eigenvalue weighted by molar-refractivity contribution is 0.0399. The Morgan fingerprint density at radius 1 is 1.53 bits per heavy atom. The summed E-state index contributed by atoms with van der Waals surface area (Å²) in [6.45, 7) is 4.29. The van der Waals surface area contributed by atoms with Crippen LogP contribution in [0.4, 0.5) is 0 Å². The molecule has 106 valence electrons. The second-order valence-electron chi connectivity index (χ2n) is 6.02. The van der Waals surface area contributed by atoms with E-state index in [2.05, 4.69) is 44.6 Å². The van der Waals surface area contributed by atoms with Crippen molar-refractivity contribution in [3.63, 3.8) is 0 Å². The summed E-state index contributed by atoms with van der Waals surface area (Å²) in [4.78, 5) is 2.67. The Bertz CT molecular complexity index is 368. The number of fused-ring (bicyclic) bond motifs is 1. The van der Waals surface area contributed by atoms with E-state index < -0.39 is 0 Å². The third-order valence-electron chi connectivity index (χ3n) is 4.48. The van der Waals surface area contributed by atoms with Gasteiger partial charge in [-0.15, -0.1) is 0 Å². The van der Waals surface area contributed by atoms with Crippen LogP contribution in [0.5, 0.6) is 0 Å². The number of piperidine rings is 1. The molecule has 0 aliphatic carbocycles. The zero-order valence-corrected chi connectivity index (χ0v) is 12.8.